The molecule has 3 rings (SSSR count). The number of carbonyl (C=O) groups is 1. The van der Waals surface area contributed by atoms with Gasteiger partial charge in [0.05, 0.1) is 12.2 Å². The van der Waals surface area contributed by atoms with Crippen LogP contribution in [0.15, 0.2) is 16.8 Å². The number of rotatable bonds is 4. The van der Waals surface area contributed by atoms with Gasteiger partial charge < -0.3 is 9.63 Å². The number of piperidine rings is 1. The normalized spacial score (nSPS) is 19.8. The number of nitrogens with zero attached hydrogens (tertiary/aromatic N) is 3. The molecule has 2 aromatic heterocycles. The Kier molecular flexibility index (Phi) is 3.74. The largest absolute Gasteiger partial charge is 0.477 e. The number of aromatic amines is 1. The fraction of sp³-hybridized carbons (Fsp3) is 0.500. The molecule has 1 atom stereocenters. The summed E-state index contributed by atoms with van der Waals surface area (Å²) in [4.78, 5) is 13.4. The molecule has 1 aliphatic rings. The maximum atomic E-state index is 11.2. The molecule has 112 valence electrons. The lowest BCUT2D eigenvalue weighted by atomic mass is 9.98. The number of aromatic carboxylic acids is 1. The molecule has 0 saturated carbocycles. The van der Waals surface area contributed by atoms with Gasteiger partial charge in [0.2, 0.25) is 0 Å². The summed E-state index contributed by atoms with van der Waals surface area (Å²) < 4.78 is 5.17. The van der Waals surface area contributed by atoms with Crippen LogP contribution in [0.5, 0.6) is 0 Å². The average Bonchev–Trinajstić information content (AvgIpc) is 3.08. The second kappa shape index (κ2) is 5.69. The van der Waals surface area contributed by atoms with E-state index in [4.69, 9.17) is 9.63 Å². The standard InChI is InChI=1S/C14H18N4O3/c1-9-6-11(17-21-9)12-4-2-3-5-18(12)8-10-7-15-16-13(10)14(19)20/h6-7,12H,2-5,8H2,1H3,(H,15,16)(H,19,20). The van der Waals surface area contributed by atoms with Crippen molar-refractivity contribution in [1.82, 2.24) is 20.3 Å². The van der Waals surface area contributed by atoms with Gasteiger partial charge in [-0.05, 0) is 26.3 Å². The Morgan fingerprint density at radius 1 is 1.57 bits per heavy atom. The van der Waals surface area contributed by atoms with Crippen LogP contribution in [-0.2, 0) is 6.54 Å². The van der Waals surface area contributed by atoms with Crippen LogP contribution in [0.1, 0.15) is 52.8 Å². The summed E-state index contributed by atoms with van der Waals surface area (Å²) >= 11 is 0. The van der Waals surface area contributed by atoms with E-state index in [1.54, 1.807) is 6.20 Å². The number of hydrogen-bond acceptors (Lipinski definition) is 5. The molecule has 0 aliphatic carbocycles. The number of carboxylic acids is 1. The van der Waals surface area contributed by atoms with Crippen LogP contribution in [0.2, 0.25) is 0 Å². The van der Waals surface area contributed by atoms with Gasteiger partial charge in [-0.2, -0.15) is 5.10 Å². The summed E-state index contributed by atoms with van der Waals surface area (Å²) in [5.74, 6) is -0.182. The van der Waals surface area contributed by atoms with Crippen LogP contribution in [0.25, 0.3) is 0 Å². The van der Waals surface area contributed by atoms with Gasteiger partial charge in [-0.25, -0.2) is 4.79 Å². The smallest absolute Gasteiger partial charge is 0.354 e. The maximum absolute atomic E-state index is 11.2. The van der Waals surface area contributed by atoms with Gasteiger partial charge in [-0.15, -0.1) is 0 Å². The third kappa shape index (κ3) is 2.82. The highest BCUT2D eigenvalue weighted by atomic mass is 16.5. The van der Waals surface area contributed by atoms with E-state index in [2.05, 4.69) is 20.3 Å². The van der Waals surface area contributed by atoms with Gasteiger partial charge in [0, 0.05) is 18.2 Å². The van der Waals surface area contributed by atoms with Gasteiger partial charge in [-0.1, -0.05) is 11.6 Å². The molecule has 2 N–H and O–H groups in total. The van der Waals surface area contributed by atoms with Crippen molar-refractivity contribution in [3.8, 4) is 0 Å². The molecule has 0 radical (unpaired) electrons. The lowest BCUT2D eigenvalue weighted by molar-refractivity contribution is 0.0685. The molecular formula is C14H18N4O3. The molecule has 1 fully saturated rings. The third-order valence-corrected chi connectivity index (χ3v) is 3.91. The molecule has 0 aromatic carbocycles. The molecule has 3 heterocycles. The maximum Gasteiger partial charge on any atom is 0.354 e. The van der Waals surface area contributed by atoms with Crippen LogP contribution in [0.4, 0.5) is 0 Å². The number of carboxylic acid groups (broad SMARTS) is 1. The van der Waals surface area contributed by atoms with Crippen molar-refractivity contribution in [3.05, 3.63) is 35.0 Å². The fourth-order valence-corrected chi connectivity index (χ4v) is 2.89. The average molecular weight is 290 g/mol. The second-order valence-corrected chi connectivity index (χ2v) is 5.42. The van der Waals surface area contributed by atoms with Crippen LogP contribution >= 0.6 is 0 Å². The zero-order valence-electron chi connectivity index (χ0n) is 11.9. The van der Waals surface area contributed by atoms with E-state index in [9.17, 15) is 4.79 Å². The minimum atomic E-state index is -0.978. The predicted octanol–water partition coefficient (Wildman–Crippen LogP) is 2.13. The third-order valence-electron chi connectivity index (χ3n) is 3.91. The van der Waals surface area contributed by atoms with Crippen molar-refractivity contribution >= 4 is 5.97 Å². The first-order valence-electron chi connectivity index (χ1n) is 7.08. The summed E-state index contributed by atoms with van der Waals surface area (Å²) in [6, 6.07) is 2.13. The van der Waals surface area contributed by atoms with E-state index in [0.717, 1.165) is 37.3 Å². The van der Waals surface area contributed by atoms with Gasteiger partial charge in [0.25, 0.3) is 0 Å². The van der Waals surface area contributed by atoms with Gasteiger partial charge in [0.15, 0.2) is 0 Å². The Hall–Kier alpha value is -2.15. The molecule has 7 heteroatoms. The van der Waals surface area contributed by atoms with Crippen molar-refractivity contribution < 1.29 is 14.4 Å². The Morgan fingerprint density at radius 3 is 3.14 bits per heavy atom. The monoisotopic (exact) mass is 290 g/mol. The van der Waals surface area contributed by atoms with Crippen molar-refractivity contribution in [1.29, 1.82) is 0 Å². The quantitative estimate of drug-likeness (QED) is 0.895. The number of aryl methyl sites for hydroxylation is 1. The molecule has 0 bridgehead atoms. The van der Waals surface area contributed by atoms with E-state index < -0.39 is 5.97 Å². The van der Waals surface area contributed by atoms with E-state index in [-0.39, 0.29) is 11.7 Å². The van der Waals surface area contributed by atoms with Crippen LogP contribution in [0.3, 0.4) is 0 Å². The van der Waals surface area contributed by atoms with E-state index in [1.165, 1.54) is 0 Å². The molecule has 21 heavy (non-hydrogen) atoms. The first-order valence-corrected chi connectivity index (χ1v) is 7.08. The number of likely N-dealkylation sites (tertiary alicyclic amines) is 1. The van der Waals surface area contributed by atoms with Crippen molar-refractivity contribution in [3.63, 3.8) is 0 Å². The lowest BCUT2D eigenvalue weighted by Gasteiger charge is -2.34. The van der Waals surface area contributed by atoms with Crippen molar-refractivity contribution in [2.45, 2.75) is 38.8 Å². The zero-order valence-corrected chi connectivity index (χ0v) is 11.9. The number of H-pyrrole nitrogens is 1. The molecule has 2 aromatic rings. The predicted molar refractivity (Wildman–Crippen MR) is 73.8 cm³/mol. The Balaban J connectivity index is 1.81. The van der Waals surface area contributed by atoms with E-state index in [1.807, 2.05) is 13.0 Å². The Bertz CT molecular complexity index is 634. The summed E-state index contributed by atoms with van der Waals surface area (Å²) in [5.41, 5.74) is 1.79. The van der Waals surface area contributed by atoms with Gasteiger partial charge in [-0.3, -0.25) is 10.00 Å². The SMILES string of the molecule is Cc1cc(C2CCCCN2Cc2cn[nH]c2C(=O)O)no1. The summed E-state index contributed by atoms with van der Waals surface area (Å²) in [6.45, 7) is 3.35. The summed E-state index contributed by atoms with van der Waals surface area (Å²) in [7, 11) is 0. The summed E-state index contributed by atoms with van der Waals surface area (Å²) in [6.07, 6.45) is 4.84. The van der Waals surface area contributed by atoms with Crippen molar-refractivity contribution in [2.24, 2.45) is 0 Å². The van der Waals surface area contributed by atoms with Crippen LogP contribution in [0, 0.1) is 6.92 Å². The van der Waals surface area contributed by atoms with Crippen LogP contribution in [-0.4, -0.2) is 37.9 Å². The minimum absolute atomic E-state index is 0.163. The first-order chi connectivity index (χ1) is 10.1. The minimum Gasteiger partial charge on any atom is -0.477 e. The van der Waals surface area contributed by atoms with E-state index >= 15 is 0 Å². The van der Waals surface area contributed by atoms with Gasteiger partial charge >= 0.3 is 5.97 Å². The molecule has 1 aliphatic heterocycles. The molecule has 0 amide bonds. The fourth-order valence-electron chi connectivity index (χ4n) is 2.89. The molecule has 0 spiro atoms. The highest BCUT2D eigenvalue weighted by molar-refractivity contribution is 5.86. The molecule has 7 nitrogen and oxygen atoms in total. The second-order valence-electron chi connectivity index (χ2n) is 5.42. The van der Waals surface area contributed by atoms with Crippen LogP contribution < -0.4 is 0 Å². The highest BCUT2D eigenvalue weighted by Gasteiger charge is 2.28. The summed E-state index contributed by atoms with van der Waals surface area (Å²) in [5, 5.41) is 19.7. The molecular weight excluding hydrogens is 272 g/mol. The topological polar surface area (TPSA) is 95.2 Å². The molecule has 1 unspecified atom stereocenters. The zero-order chi connectivity index (χ0) is 14.8. The number of aromatic nitrogens is 3. The van der Waals surface area contributed by atoms with E-state index in [0.29, 0.717) is 12.1 Å². The highest BCUT2D eigenvalue weighted by Crippen LogP contribution is 2.32. The Labute approximate surface area is 121 Å². The Morgan fingerprint density at radius 2 is 2.43 bits per heavy atom. The van der Waals surface area contributed by atoms with Gasteiger partial charge in [0.1, 0.15) is 17.1 Å². The number of hydrogen-bond donors (Lipinski definition) is 2. The first kappa shape index (κ1) is 13.8. The molecule has 1 saturated heterocycles. The van der Waals surface area contributed by atoms with Crippen molar-refractivity contribution in [2.75, 3.05) is 6.54 Å². The number of nitrogens with one attached hydrogen (secondary N) is 1. The lowest BCUT2D eigenvalue weighted by Crippen LogP contribution is -2.33.